The summed E-state index contributed by atoms with van der Waals surface area (Å²) in [6.07, 6.45) is 0. The van der Waals surface area contributed by atoms with Crippen molar-refractivity contribution < 1.29 is 4.92 Å². The summed E-state index contributed by atoms with van der Waals surface area (Å²) in [4.78, 5) is 10.4. The van der Waals surface area contributed by atoms with E-state index in [2.05, 4.69) is 21.2 Å². The van der Waals surface area contributed by atoms with Crippen LogP contribution in [0.1, 0.15) is 11.1 Å². The molecule has 6 heteroatoms. The zero-order chi connectivity index (χ0) is 14.7. The molecule has 2 aromatic rings. The Morgan fingerprint density at radius 3 is 2.70 bits per heavy atom. The number of hydrogen-bond acceptors (Lipinski definition) is 3. The van der Waals surface area contributed by atoms with E-state index in [4.69, 9.17) is 11.6 Å². The van der Waals surface area contributed by atoms with Gasteiger partial charge in [0, 0.05) is 33.9 Å². The fraction of sp³-hybridized carbons (Fsp3) is 0.143. The summed E-state index contributed by atoms with van der Waals surface area (Å²) in [7, 11) is 0. The lowest BCUT2D eigenvalue weighted by atomic mass is 10.2. The first kappa shape index (κ1) is 14.8. The number of aryl methyl sites for hydroxylation is 1. The van der Waals surface area contributed by atoms with Gasteiger partial charge in [-0.1, -0.05) is 33.6 Å². The van der Waals surface area contributed by atoms with Crippen LogP contribution in [-0.2, 0) is 6.54 Å². The van der Waals surface area contributed by atoms with Gasteiger partial charge >= 0.3 is 0 Å². The first-order valence-corrected chi connectivity index (χ1v) is 7.06. The molecule has 0 bridgehead atoms. The van der Waals surface area contributed by atoms with Gasteiger partial charge in [0.05, 0.1) is 4.92 Å². The van der Waals surface area contributed by atoms with Crippen LogP contribution >= 0.6 is 27.5 Å². The molecule has 0 saturated heterocycles. The molecule has 0 aromatic heterocycles. The van der Waals surface area contributed by atoms with Crippen molar-refractivity contribution in [2.75, 3.05) is 5.32 Å². The van der Waals surface area contributed by atoms with Crippen LogP contribution in [0.25, 0.3) is 0 Å². The number of anilines is 1. The van der Waals surface area contributed by atoms with Crippen LogP contribution in [-0.4, -0.2) is 4.92 Å². The van der Waals surface area contributed by atoms with Gasteiger partial charge in [0.25, 0.3) is 5.69 Å². The van der Waals surface area contributed by atoms with Crippen molar-refractivity contribution in [3.63, 3.8) is 0 Å². The summed E-state index contributed by atoms with van der Waals surface area (Å²) in [6.45, 7) is 2.42. The Balaban J connectivity index is 2.14. The summed E-state index contributed by atoms with van der Waals surface area (Å²) in [6, 6.07) is 10.6. The van der Waals surface area contributed by atoms with Gasteiger partial charge in [-0.2, -0.15) is 0 Å². The maximum Gasteiger partial charge on any atom is 0.270 e. The molecule has 0 heterocycles. The number of nitro groups is 1. The minimum atomic E-state index is -0.406. The fourth-order valence-corrected chi connectivity index (χ4v) is 2.46. The molecule has 0 radical (unpaired) electrons. The molecule has 0 unspecified atom stereocenters. The number of benzene rings is 2. The number of nitrogens with zero attached hydrogens (tertiary/aromatic N) is 1. The van der Waals surface area contributed by atoms with Crippen LogP contribution in [0.2, 0.25) is 5.02 Å². The fourth-order valence-electron chi connectivity index (χ4n) is 1.75. The predicted molar refractivity (Wildman–Crippen MR) is 84.3 cm³/mol. The lowest BCUT2D eigenvalue weighted by Gasteiger charge is -2.08. The maximum absolute atomic E-state index is 10.8. The Morgan fingerprint density at radius 2 is 2.05 bits per heavy atom. The Morgan fingerprint density at radius 1 is 1.30 bits per heavy atom. The second kappa shape index (κ2) is 6.24. The minimum absolute atomic E-state index is 0.0677. The van der Waals surface area contributed by atoms with Gasteiger partial charge in [0.1, 0.15) is 0 Å². The van der Waals surface area contributed by atoms with E-state index in [1.165, 1.54) is 6.07 Å². The molecular formula is C14H12BrClN2O2. The number of hydrogen-bond donors (Lipinski definition) is 1. The zero-order valence-corrected chi connectivity index (χ0v) is 13.0. The number of halogens is 2. The summed E-state index contributed by atoms with van der Waals surface area (Å²) in [5.41, 5.74) is 2.78. The van der Waals surface area contributed by atoms with E-state index in [-0.39, 0.29) is 5.69 Å². The van der Waals surface area contributed by atoms with Crippen molar-refractivity contribution in [3.8, 4) is 0 Å². The van der Waals surface area contributed by atoms with E-state index in [1.807, 2.05) is 31.2 Å². The molecule has 0 atom stereocenters. The standard InChI is InChI=1S/C14H12BrClN2O2/c1-9-2-3-12(7-14(9)16)17-8-10-4-11(15)6-13(5-10)18(19)20/h2-7,17H,8H2,1H3. The summed E-state index contributed by atoms with van der Waals surface area (Å²) in [5, 5.41) is 14.7. The van der Waals surface area contributed by atoms with Gasteiger partial charge in [0.15, 0.2) is 0 Å². The lowest BCUT2D eigenvalue weighted by molar-refractivity contribution is -0.385. The highest BCUT2D eigenvalue weighted by Crippen LogP contribution is 2.23. The number of nitrogens with one attached hydrogen (secondary N) is 1. The highest BCUT2D eigenvalue weighted by molar-refractivity contribution is 9.10. The largest absolute Gasteiger partial charge is 0.381 e. The first-order valence-electron chi connectivity index (χ1n) is 5.89. The van der Waals surface area contributed by atoms with E-state index < -0.39 is 4.92 Å². The molecule has 0 amide bonds. The third-order valence-electron chi connectivity index (χ3n) is 2.82. The average molecular weight is 356 g/mol. The molecule has 2 aromatic carbocycles. The Hall–Kier alpha value is -1.59. The molecule has 0 fully saturated rings. The topological polar surface area (TPSA) is 55.2 Å². The second-order valence-corrected chi connectivity index (χ2v) is 5.72. The van der Waals surface area contributed by atoms with Crippen molar-refractivity contribution in [2.45, 2.75) is 13.5 Å². The maximum atomic E-state index is 10.8. The van der Waals surface area contributed by atoms with Crippen LogP contribution < -0.4 is 5.32 Å². The molecule has 1 N–H and O–H groups in total. The number of rotatable bonds is 4. The van der Waals surface area contributed by atoms with E-state index in [0.717, 1.165) is 16.8 Å². The van der Waals surface area contributed by atoms with Crippen LogP contribution in [0.3, 0.4) is 0 Å². The summed E-state index contributed by atoms with van der Waals surface area (Å²) < 4.78 is 0.686. The van der Waals surface area contributed by atoms with Gasteiger partial charge in [-0.3, -0.25) is 10.1 Å². The molecule has 0 aliphatic rings. The third-order valence-corrected chi connectivity index (χ3v) is 3.69. The highest BCUT2D eigenvalue weighted by atomic mass is 79.9. The smallest absolute Gasteiger partial charge is 0.270 e. The Kier molecular flexibility index (Phi) is 4.62. The molecule has 20 heavy (non-hydrogen) atoms. The van der Waals surface area contributed by atoms with E-state index >= 15 is 0 Å². The Bertz CT molecular complexity index is 662. The molecule has 0 aliphatic heterocycles. The summed E-state index contributed by atoms with van der Waals surface area (Å²) >= 11 is 9.33. The van der Waals surface area contributed by atoms with Gasteiger partial charge in [0.2, 0.25) is 0 Å². The first-order chi connectivity index (χ1) is 9.45. The van der Waals surface area contributed by atoms with Crippen molar-refractivity contribution in [2.24, 2.45) is 0 Å². The lowest BCUT2D eigenvalue weighted by Crippen LogP contribution is -2.00. The molecule has 0 aliphatic carbocycles. The average Bonchev–Trinajstić information content (AvgIpc) is 2.39. The van der Waals surface area contributed by atoms with Gasteiger partial charge in [-0.05, 0) is 36.2 Å². The van der Waals surface area contributed by atoms with Crippen LogP contribution in [0, 0.1) is 17.0 Å². The van der Waals surface area contributed by atoms with E-state index in [1.54, 1.807) is 6.07 Å². The third kappa shape index (κ3) is 3.71. The number of non-ortho nitro benzene ring substituents is 1. The summed E-state index contributed by atoms with van der Waals surface area (Å²) in [5.74, 6) is 0. The van der Waals surface area contributed by atoms with Crippen LogP contribution in [0.4, 0.5) is 11.4 Å². The second-order valence-electron chi connectivity index (χ2n) is 4.39. The van der Waals surface area contributed by atoms with Crippen LogP contribution in [0.15, 0.2) is 40.9 Å². The van der Waals surface area contributed by atoms with E-state index in [0.29, 0.717) is 16.0 Å². The zero-order valence-electron chi connectivity index (χ0n) is 10.7. The van der Waals surface area contributed by atoms with Crippen LogP contribution in [0.5, 0.6) is 0 Å². The molecule has 104 valence electrons. The molecule has 0 saturated carbocycles. The molecular weight excluding hydrogens is 344 g/mol. The molecule has 2 rings (SSSR count). The van der Waals surface area contributed by atoms with Gasteiger partial charge in [-0.25, -0.2) is 0 Å². The van der Waals surface area contributed by atoms with Crippen molar-refractivity contribution in [1.29, 1.82) is 0 Å². The SMILES string of the molecule is Cc1ccc(NCc2cc(Br)cc([N+](=O)[O-])c2)cc1Cl. The van der Waals surface area contributed by atoms with Gasteiger partial charge in [-0.15, -0.1) is 0 Å². The predicted octanol–water partition coefficient (Wildman–Crippen LogP) is 4.93. The minimum Gasteiger partial charge on any atom is -0.381 e. The van der Waals surface area contributed by atoms with Crippen molar-refractivity contribution >= 4 is 38.9 Å². The Labute approximate surface area is 130 Å². The molecule has 4 nitrogen and oxygen atoms in total. The van der Waals surface area contributed by atoms with Crippen molar-refractivity contribution in [3.05, 3.63) is 67.1 Å². The molecule has 0 spiro atoms. The van der Waals surface area contributed by atoms with E-state index in [9.17, 15) is 10.1 Å². The quantitative estimate of drug-likeness (QED) is 0.625. The highest BCUT2D eigenvalue weighted by Gasteiger charge is 2.08. The monoisotopic (exact) mass is 354 g/mol. The van der Waals surface area contributed by atoms with Crippen molar-refractivity contribution in [1.82, 2.24) is 0 Å². The number of nitro benzene ring substituents is 1. The normalized spacial score (nSPS) is 10.3. The van der Waals surface area contributed by atoms with Gasteiger partial charge < -0.3 is 5.32 Å².